The molecule has 3 aromatic rings. The first-order valence-corrected chi connectivity index (χ1v) is 9.23. The Morgan fingerprint density at radius 1 is 1.22 bits per heavy atom. The van der Waals surface area contributed by atoms with E-state index in [1.807, 2.05) is 38.9 Å². The number of halogens is 1. The fourth-order valence-electron chi connectivity index (χ4n) is 2.61. The SMILES string of the molecule is CN(N(C(=O)c1ccn2ncc(Br)c2c1)c1ccc(C#N)cc1)C(C)(C)C. The molecule has 2 heterocycles. The number of hydrazine groups is 1. The Balaban J connectivity index is 2.08. The van der Waals surface area contributed by atoms with Crippen molar-refractivity contribution in [1.29, 1.82) is 5.26 Å². The number of anilines is 1. The highest BCUT2D eigenvalue weighted by Crippen LogP contribution is 2.26. The Hall–Kier alpha value is -2.69. The smallest absolute Gasteiger partial charge is 0.267 e. The second-order valence-electron chi connectivity index (χ2n) is 7.21. The van der Waals surface area contributed by atoms with Gasteiger partial charge in [-0.3, -0.25) is 4.79 Å². The average molecular weight is 426 g/mol. The first-order valence-electron chi connectivity index (χ1n) is 8.43. The Labute approximate surface area is 166 Å². The fourth-order valence-corrected chi connectivity index (χ4v) is 3.00. The van der Waals surface area contributed by atoms with E-state index in [0.29, 0.717) is 16.8 Å². The van der Waals surface area contributed by atoms with Gasteiger partial charge in [-0.05, 0) is 73.1 Å². The largest absolute Gasteiger partial charge is 0.272 e. The molecule has 0 radical (unpaired) electrons. The summed E-state index contributed by atoms with van der Waals surface area (Å²) in [5.41, 5.74) is 2.33. The number of amides is 1. The molecule has 0 spiro atoms. The van der Waals surface area contributed by atoms with Crippen LogP contribution in [0.25, 0.3) is 5.52 Å². The van der Waals surface area contributed by atoms with Crippen LogP contribution in [0.2, 0.25) is 0 Å². The lowest BCUT2D eigenvalue weighted by Gasteiger charge is -2.41. The normalized spacial score (nSPS) is 11.6. The third-order valence-electron chi connectivity index (χ3n) is 4.43. The number of carbonyl (C=O) groups excluding carboxylic acids is 1. The molecule has 0 saturated heterocycles. The zero-order chi connectivity index (χ0) is 19.8. The molecule has 27 heavy (non-hydrogen) atoms. The molecule has 0 N–H and O–H groups in total. The van der Waals surface area contributed by atoms with Crippen molar-refractivity contribution < 1.29 is 4.79 Å². The molecule has 0 bridgehead atoms. The third kappa shape index (κ3) is 3.72. The second-order valence-corrected chi connectivity index (χ2v) is 8.06. The van der Waals surface area contributed by atoms with Gasteiger partial charge in [0.25, 0.3) is 5.91 Å². The number of carbonyl (C=O) groups is 1. The van der Waals surface area contributed by atoms with Crippen LogP contribution in [-0.4, -0.2) is 33.1 Å². The van der Waals surface area contributed by atoms with Crippen LogP contribution in [0.15, 0.2) is 53.3 Å². The van der Waals surface area contributed by atoms with Crippen molar-refractivity contribution in [1.82, 2.24) is 14.6 Å². The molecule has 0 unspecified atom stereocenters. The van der Waals surface area contributed by atoms with E-state index in [1.54, 1.807) is 52.2 Å². The quantitative estimate of drug-likeness (QED) is 0.587. The highest BCUT2D eigenvalue weighted by atomic mass is 79.9. The topological polar surface area (TPSA) is 64.6 Å². The summed E-state index contributed by atoms with van der Waals surface area (Å²) in [5.74, 6) is -0.160. The van der Waals surface area contributed by atoms with Crippen molar-refractivity contribution in [2.75, 3.05) is 12.1 Å². The maximum absolute atomic E-state index is 13.4. The molecule has 7 heteroatoms. The van der Waals surface area contributed by atoms with Gasteiger partial charge in [0.15, 0.2) is 0 Å². The molecule has 1 aromatic carbocycles. The molecule has 0 aliphatic heterocycles. The number of hydrogen-bond donors (Lipinski definition) is 0. The Morgan fingerprint density at radius 2 is 1.89 bits per heavy atom. The van der Waals surface area contributed by atoms with Crippen molar-refractivity contribution in [2.24, 2.45) is 0 Å². The van der Waals surface area contributed by atoms with E-state index >= 15 is 0 Å². The van der Waals surface area contributed by atoms with Crippen LogP contribution < -0.4 is 5.01 Å². The van der Waals surface area contributed by atoms with Crippen molar-refractivity contribution in [3.05, 3.63) is 64.4 Å². The van der Waals surface area contributed by atoms with E-state index in [9.17, 15) is 4.79 Å². The predicted molar refractivity (Wildman–Crippen MR) is 108 cm³/mol. The molecule has 0 fully saturated rings. The molecular weight excluding hydrogens is 406 g/mol. The third-order valence-corrected chi connectivity index (χ3v) is 5.04. The van der Waals surface area contributed by atoms with Crippen LogP contribution in [0.5, 0.6) is 0 Å². The summed E-state index contributed by atoms with van der Waals surface area (Å²) < 4.78 is 2.53. The molecule has 6 nitrogen and oxygen atoms in total. The molecule has 2 aromatic heterocycles. The molecule has 1 amide bonds. The molecule has 0 aliphatic rings. The van der Waals surface area contributed by atoms with Gasteiger partial charge in [0.1, 0.15) is 0 Å². The van der Waals surface area contributed by atoms with Gasteiger partial charge in [0.2, 0.25) is 0 Å². The first kappa shape index (κ1) is 19.1. The zero-order valence-corrected chi connectivity index (χ0v) is 17.2. The lowest BCUT2D eigenvalue weighted by atomic mass is 10.1. The number of aromatic nitrogens is 2. The molecule has 0 saturated carbocycles. The summed E-state index contributed by atoms with van der Waals surface area (Å²) in [6.07, 6.45) is 3.46. The summed E-state index contributed by atoms with van der Waals surface area (Å²) in [6, 6.07) is 12.7. The fraction of sp³-hybridized carbons (Fsp3) is 0.250. The lowest BCUT2D eigenvalue weighted by molar-refractivity contribution is 0.0815. The summed E-state index contributed by atoms with van der Waals surface area (Å²) >= 11 is 3.46. The van der Waals surface area contributed by atoms with Gasteiger partial charge < -0.3 is 0 Å². The van der Waals surface area contributed by atoms with Gasteiger partial charge in [-0.1, -0.05) is 0 Å². The summed E-state index contributed by atoms with van der Waals surface area (Å²) in [7, 11) is 1.88. The van der Waals surface area contributed by atoms with Gasteiger partial charge in [-0.15, -0.1) is 0 Å². The second kappa shape index (κ2) is 7.14. The summed E-state index contributed by atoms with van der Waals surface area (Å²) in [5, 5.41) is 16.8. The van der Waals surface area contributed by atoms with E-state index < -0.39 is 0 Å². The van der Waals surface area contributed by atoms with Gasteiger partial charge in [0, 0.05) is 24.3 Å². The van der Waals surface area contributed by atoms with Crippen LogP contribution in [0.4, 0.5) is 5.69 Å². The maximum Gasteiger partial charge on any atom is 0.272 e. The minimum absolute atomic E-state index is 0.160. The van der Waals surface area contributed by atoms with Gasteiger partial charge in [0.05, 0.1) is 33.5 Å². The molecule has 0 atom stereocenters. The van der Waals surface area contributed by atoms with Crippen LogP contribution in [0.3, 0.4) is 0 Å². The molecule has 3 rings (SSSR count). The van der Waals surface area contributed by atoms with Crippen molar-refractivity contribution >= 4 is 33.0 Å². The standard InChI is InChI=1S/C20H20BrN5O/c1-20(2,3)24(4)26(16-7-5-14(12-22)6-8-16)19(27)15-9-10-25-18(11-15)17(21)13-23-25/h5-11,13H,1-4H3. The van der Waals surface area contributed by atoms with Crippen molar-refractivity contribution in [3.8, 4) is 6.07 Å². The Morgan fingerprint density at radius 3 is 2.48 bits per heavy atom. The van der Waals surface area contributed by atoms with Gasteiger partial charge in [-0.2, -0.15) is 10.4 Å². The number of rotatable bonds is 3. The predicted octanol–water partition coefficient (Wildman–Crippen LogP) is 4.26. The number of pyridine rings is 1. The molecule has 0 aliphatic carbocycles. The zero-order valence-electron chi connectivity index (χ0n) is 15.6. The van der Waals surface area contributed by atoms with Gasteiger partial charge in [-0.25, -0.2) is 14.5 Å². The van der Waals surface area contributed by atoms with Crippen LogP contribution in [0.1, 0.15) is 36.7 Å². The monoisotopic (exact) mass is 425 g/mol. The van der Waals surface area contributed by atoms with E-state index in [4.69, 9.17) is 5.26 Å². The van der Waals surface area contributed by atoms with Crippen LogP contribution in [0, 0.1) is 11.3 Å². The van der Waals surface area contributed by atoms with E-state index in [-0.39, 0.29) is 11.4 Å². The molecular formula is C20H20BrN5O. The van der Waals surface area contributed by atoms with E-state index in [1.165, 1.54) is 0 Å². The molecule has 138 valence electrons. The number of benzene rings is 1. The minimum atomic E-state index is -0.287. The number of hydrogen-bond acceptors (Lipinski definition) is 4. The van der Waals surface area contributed by atoms with E-state index in [2.05, 4.69) is 27.1 Å². The van der Waals surface area contributed by atoms with Gasteiger partial charge >= 0.3 is 0 Å². The highest BCUT2D eigenvalue weighted by Gasteiger charge is 2.29. The first-order chi connectivity index (χ1) is 12.7. The Bertz CT molecular complexity index is 1030. The lowest BCUT2D eigenvalue weighted by Crippen LogP contribution is -2.53. The number of fused-ring (bicyclic) bond motifs is 1. The van der Waals surface area contributed by atoms with Crippen LogP contribution >= 0.6 is 15.9 Å². The average Bonchev–Trinajstić information content (AvgIpc) is 3.02. The van der Waals surface area contributed by atoms with Crippen LogP contribution in [-0.2, 0) is 0 Å². The Kier molecular flexibility index (Phi) is 5.05. The number of nitriles is 1. The summed E-state index contributed by atoms with van der Waals surface area (Å²) in [4.78, 5) is 13.4. The van der Waals surface area contributed by atoms with Crippen molar-refractivity contribution in [3.63, 3.8) is 0 Å². The highest BCUT2D eigenvalue weighted by molar-refractivity contribution is 9.10. The van der Waals surface area contributed by atoms with E-state index in [0.717, 1.165) is 9.99 Å². The number of nitrogens with zero attached hydrogens (tertiary/aromatic N) is 5. The van der Waals surface area contributed by atoms with Crippen molar-refractivity contribution in [2.45, 2.75) is 26.3 Å². The minimum Gasteiger partial charge on any atom is -0.267 e. The summed E-state index contributed by atoms with van der Waals surface area (Å²) in [6.45, 7) is 6.11. The maximum atomic E-state index is 13.4.